The summed E-state index contributed by atoms with van der Waals surface area (Å²) >= 11 is 1.47. The van der Waals surface area contributed by atoms with Gasteiger partial charge < -0.3 is 4.98 Å². The monoisotopic (exact) mass is 194 g/mol. The van der Waals surface area contributed by atoms with E-state index in [0.717, 1.165) is 24.1 Å². The fourth-order valence-electron chi connectivity index (χ4n) is 1.39. The second kappa shape index (κ2) is 3.38. The molecule has 0 fully saturated rings. The van der Waals surface area contributed by atoms with Crippen molar-refractivity contribution in [2.45, 2.75) is 18.0 Å². The fourth-order valence-corrected chi connectivity index (χ4v) is 1.78. The van der Waals surface area contributed by atoms with E-state index in [1.807, 2.05) is 18.4 Å². The van der Waals surface area contributed by atoms with Crippen LogP contribution in [0.3, 0.4) is 0 Å². The van der Waals surface area contributed by atoms with Gasteiger partial charge in [0.2, 0.25) is 0 Å². The molecule has 0 radical (unpaired) electrons. The highest BCUT2D eigenvalue weighted by molar-refractivity contribution is 7.98. The molecule has 1 N–H and O–H groups in total. The summed E-state index contributed by atoms with van der Waals surface area (Å²) in [6.07, 6.45) is 7.64. The summed E-state index contributed by atoms with van der Waals surface area (Å²) in [5.41, 5.74) is 1.63. The summed E-state index contributed by atoms with van der Waals surface area (Å²) < 4.78 is 0. The van der Waals surface area contributed by atoms with Crippen LogP contribution in [-0.2, 0) is 6.42 Å². The maximum Gasteiger partial charge on any atom is 0.259 e. The van der Waals surface area contributed by atoms with Crippen LogP contribution < -0.4 is 5.56 Å². The first-order valence-corrected chi connectivity index (χ1v) is 5.37. The molecule has 1 aliphatic rings. The molecular formula is C9H10N2OS. The molecule has 0 unspecified atom stereocenters. The molecule has 1 heterocycles. The molecule has 4 heteroatoms. The van der Waals surface area contributed by atoms with Crippen molar-refractivity contribution in [1.29, 1.82) is 0 Å². The number of allylic oxidation sites excluding steroid dienone is 1. The Morgan fingerprint density at radius 3 is 3.23 bits per heavy atom. The van der Waals surface area contributed by atoms with Crippen LogP contribution in [0.4, 0.5) is 0 Å². The number of fused-ring (bicyclic) bond motifs is 1. The average Bonchev–Trinajstić information content (AvgIpc) is 2.18. The smallest absolute Gasteiger partial charge is 0.259 e. The molecule has 1 aromatic heterocycles. The van der Waals surface area contributed by atoms with E-state index < -0.39 is 0 Å². The predicted octanol–water partition coefficient (Wildman–Crippen LogP) is 1.45. The van der Waals surface area contributed by atoms with Crippen molar-refractivity contribution in [3.8, 4) is 0 Å². The molecule has 2 rings (SSSR count). The minimum absolute atomic E-state index is 0.0229. The van der Waals surface area contributed by atoms with Crippen LogP contribution in [0.25, 0.3) is 6.08 Å². The first-order chi connectivity index (χ1) is 6.31. The van der Waals surface area contributed by atoms with E-state index in [4.69, 9.17) is 0 Å². The molecule has 0 amide bonds. The number of nitrogens with one attached hydrogen (secondary N) is 1. The lowest BCUT2D eigenvalue weighted by Gasteiger charge is -2.08. The van der Waals surface area contributed by atoms with E-state index in [1.54, 1.807) is 0 Å². The second-order valence-corrected chi connectivity index (χ2v) is 3.67. The number of nitrogens with zero attached hydrogens (tertiary/aromatic N) is 1. The average molecular weight is 194 g/mol. The Hall–Kier alpha value is -1.03. The highest BCUT2D eigenvalue weighted by Crippen LogP contribution is 2.15. The quantitative estimate of drug-likeness (QED) is 0.543. The number of aryl methyl sites for hydroxylation is 1. The van der Waals surface area contributed by atoms with E-state index in [2.05, 4.69) is 9.97 Å². The summed E-state index contributed by atoms with van der Waals surface area (Å²) in [7, 11) is 0. The first kappa shape index (κ1) is 8.56. The maximum absolute atomic E-state index is 11.5. The van der Waals surface area contributed by atoms with Gasteiger partial charge in [0, 0.05) is 0 Å². The molecule has 13 heavy (non-hydrogen) atoms. The maximum atomic E-state index is 11.5. The summed E-state index contributed by atoms with van der Waals surface area (Å²) in [4.78, 5) is 18.6. The van der Waals surface area contributed by atoms with Gasteiger partial charge in [-0.15, -0.1) is 0 Å². The zero-order valence-electron chi connectivity index (χ0n) is 7.33. The highest BCUT2D eigenvalue weighted by Gasteiger charge is 2.10. The van der Waals surface area contributed by atoms with Crippen molar-refractivity contribution in [3.63, 3.8) is 0 Å². The predicted molar refractivity (Wildman–Crippen MR) is 54.0 cm³/mol. The van der Waals surface area contributed by atoms with Gasteiger partial charge in [-0.2, -0.15) is 0 Å². The Balaban J connectivity index is 2.61. The van der Waals surface area contributed by atoms with Gasteiger partial charge >= 0.3 is 0 Å². The lowest BCUT2D eigenvalue weighted by Crippen LogP contribution is -2.17. The first-order valence-electron chi connectivity index (χ1n) is 4.15. The normalized spacial score (nSPS) is 14.2. The van der Waals surface area contributed by atoms with Gasteiger partial charge in [-0.1, -0.05) is 23.9 Å². The van der Waals surface area contributed by atoms with E-state index in [1.165, 1.54) is 11.8 Å². The molecule has 1 aromatic rings. The Morgan fingerprint density at radius 2 is 2.46 bits per heavy atom. The third-order valence-electron chi connectivity index (χ3n) is 2.04. The number of thioether (sulfide) groups is 1. The molecule has 1 aliphatic carbocycles. The summed E-state index contributed by atoms with van der Waals surface area (Å²) in [6.45, 7) is 0. The van der Waals surface area contributed by atoms with Gasteiger partial charge in [-0.25, -0.2) is 4.98 Å². The zero-order valence-corrected chi connectivity index (χ0v) is 8.15. The van der Waals surface area contributed by atoms with Crippen LogP contribution in [0.1, 0.15) is 17.7 Å². The van der Waals surface area contributed by atoms with Crippen LogP contribution >= 0.6 is 11.8 Å². The van der Waals surface area contributed by atoms with Gasteiger partial charge in [0.15, 0.2) is 5.16 Å². The molecule has 0 atom stereocenters. The molecule has 68 valence electrons. The van der Waals surface area contributed by atoms with Crippen LogP contribution in [0.15, 0.2) is 16.0 Å². The summed E-state index contributed by atoms with van der Waals surface area (Å²) in [5.74, 6) is 0. The minimum Gasteiger partial charge on any atom is -0.301 e. The van der Waals surface area contributed by atoms with Crippen molar-refractivity contribution < 1.29 is 0 Å². The van der Waals surface area contributed by atoms with Crippen LogP contribution in [0.2, 0.25) is 0 Å². The Morgan fingerprint density at radius 1 is 1.62 bits per heavy atom. The van der Waals surface area contributed by atoms with Gasteiger partial charge in [-0.05, 0) is 19.1 Å². The van der Waals surface area contributed by atoms with Crippen LogP contribution in [-0.4, -0.2) is 16.2 Å². The number of rotatable bonds is 1. The van der Waals surface area contributed by atoms with Crippen LogP contribution in [0.5, 0.6) is 0 Å². The molecule has 0 saturated carbocycles. The zero-order chi connectivity index (χ0) is 9.26. The molecule has 0 bridgehead atoms. The van der Waals surface area contributed by atoms with Crippen molar-refractivity contribution in [2.75, 3.05) is 6.26 Å². The Kier molecular flexibility index (Phi) is 2.22. The van der Waals surface area contributed by atoms with Crippen molar-refractivity contribution >= 4 is 17.8 Å². The Labute approximate surface area is 80.3 Å². The third kappa shape index (κ3) is 1.54. The number of hydrogen-bond acceptors (Lipinski definition) is 3. The van der Waals surface area contributed by atoms with Crippen molar-refractivity contribution in [1.82, 2.24) is 9.97 Å². The lowest BCUT2D eigenvalue weighted by atomic mass is 10.0. The van der Waals surface area contributed by atoms with Crippen molar-refractivity contribution in [3.05, 3.63) is 27.7 Å². The molecule has 0 saturated heterocycles. The fraction of sp³-hybridized carbons (Fsp3) is 0.333. The number of aromatic amines is 1. The number of aromatic nitrogens is 2. The van der Waals surface area contributed by atoms with E-state index in [0.29, 0.717) is 5.16 Å². The van der Waals surface area contributed by atoms with Gasteiger partial charge in [-0.3, -0.25) is 4.79 Å². The summed E-state index contributed by atoms with van der Waals surface area (Å²) in [5, 5.41) is 0.707. The van der Waals surface area contributed by atoms with E-state index >= 15 is 0 Å². The standard InChI is InChI=1S/C9H10N2OS/c1-13-9-10-7-5-3-2-4-6(7)8(12)11-9/h2,4H,3,5H2,1H3,(H,10,11,12). The van der Waals surface area contributed by atoms with E-state index in [9.17, 15) is 4.79 Å². The van der Waals surface area contributed by atoms with Crippen LogP contribution in [0, 0.1) is 0 Å². The topological polar surface area (TPSA) is 45.8 Å². The third-order valence-corrected chi connectivity index (χ3v) is 2.62. The molecular weight excluding hydrogens is 184 g/mol. The minimum atomic E-state index is -0.0229. The lowest BCUT2D eigenvalue weighted by molar-refractivity contribution is 0.828. The summed E-state index contributed by atoms with van der Waals surface area (Å²) in [6, 6.07) is 0. The molecule has 3 nitrogen and oxygen atoms in total. The molecule has 0 spiro atoms. The van der Waals surface area contributed by atoms with Gasteiger partial charge in [0.1, 0.15) is 0 Å². The van der Waals surface area contributed by atoms with Gasteiger partial charge in [0.25, 0.3) is 5.56 Å². The number of H-pyrrole nitrogens is 1. The largest absolute Gasteiger partial charge is 0.301 e. The SMILES string of the molecule is CSc1nc2c(c(=O)[nH]1)C=CCC2. The van der Waals surface area contributed by atoms with Gasteiger partial charge in [0.05, 0.1) is 11.3 Å². The highest BCUT2D eigenvalue weighted by atomic mass is 32.2. The second-order valence-electron chi connectivity index (χ2n) is 2.88. The van der Waals surface area contributed by atoms with Crippen molar-refractivity contribution in [2.24, 2.45) is 0 Å². The molecule has 0 aliphatic heterocycles. The molecule has 0 aromatic carbocycles. The number of hydrogen-bond donors (Lipinski definition) is 1. The Bertz CT molecular complexity index is 409. The van der Waals surface area contributed by atoms with E-state index in [-0.39, 0.29) is 5.56 Å².